The van der Waals surface area contributed by atoms with E-state index in [0.29, 0.717) is 31.1 Å². The van der Waals surface area contributed by atoms with Crippen LogP contribution < -0.4 is 21.3 Å². The molecular formula is C38H48N4O6. The first kappa shape index (κ1) is 34.0. The van der Waals surface area contributed by atoms with Gasteiger partial charge in [0.1, 0.15) is 5.82 Å². The van der Waals surface area contributed by atoms with Crippen molar-refractivity contribution in [3.63, 3.8) is 0 Å². The van der Waals surface area contributed by atoms with Gasteiger partial charge in [0.05, 0.1) is 19.9 Å². The fourth-order valence-corrected chi connectivity index (χ4v) is 7.75. The zero-order valence-corrected chi connectivity index (χ0v) is 28.2. The fraction of sp³-hybridized carbons (Fsp3) is 0.500. The van der Waals surface area contributed by atoms with E-state index in [0.717, 1.165) is 49.2 Å². The van der Waals surface area contributed by atoms with Gasteiger partial charge in [0.15, 0.2) is 11.4 Å². The summed E-state index contributed by atoms with van der Waals surface area (Å²) in [5.74, 6) is -0.465. The largest absolute Gasteiger partial charge is 0.463 e. The van der Waals surface area contributed by atoms with Crippen LogP contribution in [0.4, 0.5) is 0 Å². The SMILES string of the molecule is CCN[C@@H]1C=C2C=CCC[C@H]2C[C@H]1COC(=O)[C@]12O[C@@]1(C/C(CO)=C(\C)CCC1=CCNC(NCNC)=C1)C(=O)c1ccccc1C2=O. The first-order valence-corrected chi connectivity index (χ1v) is 17.3. The van der Waals surface area contributed by atoms with Crippen LogP contribution in [0.5, 0.6) is 0 Å². The number of esters is 1. The lowest BCUT2D eigenvalue weighted by molar-refractivity contribution is -0.150. The minimum atomic E-state index is -2.08. The Hall–Kier alpha value is -3.83. The van der Waals surface area contributed by atoms with Crippen LogP contribution in [0.15, 0.2) is 82.8 Å². The molecule has 0 unspecified atom stereocenters. The number of aliphatic hydroxyl groups is 1. The Labute approximate surface area is 282 Å². The summed E-state index contributed by atoms with van der Waals surface area (Å²) < 4.78 is 12.1. The maximum atomic E-state index is 14.2. The Bertz CT molecular complexity index is 1610. The molecule has 0 bridgehead atoms. The van der Waals surface area contributed by atoms with Gasteiger partial charge in [-0.1, -0.05) is 61.1 Å². The molecule has 5 N–H and O–H groups in total. The maximum absolute atomic E-state index is 14.2. The third-order valence-electron chi connectivity index (χ3n) is 10.5. The van der Waals surface area contributed by atoms with Crippen LogP contribution in [0, 0.1) is 11.8 Å². The number of ether oxygens (including phenoxy) is 2. The highest BCUT2D eigenvalue weighted by molar-refractivity contribution is 6.32. The molecule has 0 radical (unpaired) electrons. The van der Waals surface area contributed by atoms with Gasteiger partial charge in [-0.25, -0.2) is 4.79 Å². The fourth-order valence-electron chi connectivity index (χ4n) is 7.75. The standard InChI is InChI=1S/C38H48N4O6/c1-4-40-32-19-27-10-6-5-9-26(27)18-28(32)22-47-36(46)38-35(45)31-12-8-7-11-30(31)34(44)37(38,48-38)20-29(21-43)24(2)13-14-25-15-16-41-33(17-25)42-23-39-3/h6-8,10-12,15,17,19,26,28,32,39-43H,4-5,9,13-14,16,18,20-23H2,1-3H3/b29-24-/t26-,28-,32+,37-,38-/m0/s1. The van der Waals surface area contributed by atoms with Gasteiger partial charge in [0.2, 0.25) is 5.78 Å². The van der Waals surface area contributed by atoms with Crippen LogP contribution >= 0.6 is 0 Å². The number of rotatable bonds is 14. The number of allylic oxidation sites excluding steroid dienone is 6. The van der Waals surface area contributed by atoms with E-state index in [9.17, 15) is 19.5 Å². The number of carbonyl (C=O) groups is 3. The molecule has 1 fully saturated rings. The van der Waals surface area contributed by atoms with Crippen LogP contribution in [-0.4, -0.2) is 79.9 Å². The van der Waals surface area contributed by atoms with Crippen LogP contribution in [-0.2, 0) is 14.3 Å². The number of ketones is 2. The molecule has 1 aromatic rings. The van der Waals surface area contributed by atoms with Crippen molar-refractivity contribution in [2.75, 3.05) is 40.0 Å². The van der Waals surface area contributed by atoms with E-state index in [4.69, 9.17) is 9.47 Å². The summed E-state index contributed by atoms with van der Waals surface area (Å²) in [6, 6.07) is 6.57. The molecule has 1 saturated heterocycles. The molecule has 10 nitrogen and oxygen atoms in total. The topological polar surface area (TPSA) is 141 Å². The normalized spacial score (nSPS) is 29.2. The van der Waals surface area contributed by atoms with Crippen molar-refractivity contribution in [3.8, 4) is 0 Å². The molecule has 6 rings (SSSR count). The van der Waals surface area contributed by atoms with Gasteiger partial charge in [-0.2, -0.15) is 0 Å². The number of aliphatic hydroxyl groups excluding tert-OH is 1. The van der Waals surface area contributed by atoms with Crippen molar-refractivity contribution < 1.29 is 29.0 Å². The van der Waals surface area contributed by atoms with Gasteiger partial charge < -0.3 is 35.8 Å². The molecule has 1 aromatic carbocycles. The lowest BCUT2D eigenvalue weighted by atomic mass is 9.71. The Morgan fingerprint density at radius 3 is 2.73 bits per heavy atom. The highest BCUT2D eigenvalue weighted by atomic mass is 16.7. The maximum Gasteiger partial charge on any atom is 0.350 e. The van der Waals surface area contributed by atoms with Gasteiger partial charge in [0, 0.05) is 36.1 Å². The quantitative estimate of drug-likeness (QED) is 0.0663. The van der Waals surface area contributed by atoms with Crippen molar-refractivity contribution >= 4 is 17.5 Å². The van der Waals surface area contributed by atoms with Gasteiger partial charge in [0.25, 0.3) is 5.60 Å². The molecule has 5 atom stereocenters. The zero-order chi connectivity index (χ0) is 33.9. The number of benzene rings is 1. The second kappa shape index (κ2) is 14.3. The van der Waals surface area contributed by atoms with E-state index in [1.54, 1.807) is 24.3 Å². The third-order valence-corrected chi connectivity index (χ3v) is 10.5. The summed E-state index contributed by atoms with van der Waals surface area (Å²) in [7, 11) is 1.87. The summed E-state index contributed by atoms with van der Waals surface area (Å²) in [4.78, 5) is 42.5. The van der Waals surface area contributed by atoms with E-state index in [2.05, 4.69) is 51.6 Å². The number of hydrogen-bond acceptors (Lipinski definition) is 10. The summed E-state index contributed by atoms with van der Waals surface area (Å²) in [5, 5.41) is 23.7. The lowest BCUT2D eigenvalue weighted by Gasteiger charge is -2.36. The number of hydrogen-bond donors (Lipinski definition) is 5. The van der Waals surface area contributed by atoms with E-state index in [1.807, 2.05) is 20.9 Å². The molecule has 48 heavy (non-hydrogen) atoms. The zero-order valence-electron chi connectivity index (χ0n) is 28.2. The van der Waals surface area contributed by atoms with Crippen molar-refractivity contribution in [3.05, 3.63) is 93.9 Å². The average molecular weight is 657 g/mol. The number of epoxide rings is 1. The monoisotopic (exact) mass is 656 g/mol. The smallest absolute Gasteiger partial charge is 0.350 e. The molecule has 0 aromatic heterocycles. The number of Topliss-reactive ketones (excluding diaryl/α,β-unsaturated/α-hetero) is 2. The number of dihydropyridines is 1. The predicted molar refractivity (Wildman–Crippen MR) is 183 cm³/mol. The Morgan fingerprint density at radius 2 is 1.98 bits per heavy atom. The molecule has 0 saturated carbocycles. The first-order valence-electron chi connectivity index (χ1n) is 17.3. The molecule has 2 heterocycles. The molecule has 0 amide bonds. The summed E-state index contributed by atoms with van der Waals surface area (Å²) in [5.41, 5.74) is 0.487. The highest BCUT2D eigenvalue weighted by Crippen LogP contribution is 2.59. The average Bonchev–Trinajstić information content (AvgIpc) is 3.82. The van der Waals surface area contributed by atoms with Crippen molar-refractivity contribution in [2.24, 2.45) is 11.8 Å². The Balaban J connectivity index is 1.23. The lowest BCUT2D eigenvalue weighted by Crippen LogP contribution is -2.51. The van der Waals surface area contributed by atoms with Crippen LogP contribution in [0.3, 0.4) is 0 Å². The number of fused-ring (bicyclic) bond motifs is 3. The second-order valence-corrected chi connectivity index (χ2v) is 13.5. The predicted octanol–water partition coefficient (Wildman–Crippen LogP) is 3.62. The van der Waals surface area contributed by atoms with Crippen LogP contribution in [0.2, 0.25) is 0 Å². The number of carbonyl (C=O) groups excluding carboxylic acids is 3. The second-order valence-electron chi connectivity index (χ2n) is 13.5. The molecule has 3 aliphatic carbocycles. The van der Waals surface area contributed by atoms with E-state index in [-0.39, 0.29) is 42.7 Å². The number of likely N-dealkylation sites (N-methyl/N-ethyl adjacent to an activating group) is 1. The molecule has 10 heteroatoms. The van der Waals surface area contributed by atoms with E-state index < -0.39 is 28.7 Å². The van der Waals surface area contributed by atoms with Gasteiger partial charge in [-0.3, -0.25) is 9.59 Å². The van der Waals surface area contributed by atoms with Gasteiger partial charge in [-0.15, -0.1) is 0 Å². The molecule has 2 aliphatic heterocycles. The van der Waals surface area contributed by atoms with Crippen molar-refractivity contribution in [1.82, 2.24) is 21.3 Å². The van der Waals surface area contributed by atoms with Crippen molar-refractivity contribution in [2.45, 2.75) is 69.6 Å². The van der Waals surface area contributed by atoms with E-state index in [1.165, 1.54) is 5.57 Å². The summed E-state index contributed by atoms with van der Waals surface area (Å²) in [6.45, 7) is 5.86. The summed E-state index contributed by atoms with van der Waals surface area (Å²) in [6.07, 6.45) is 15.0. The van der Waals surface area contributed by atoms with E-state index >= 15 is 0 Å². The number of nitrogens with one attached hydrogen (secondary N) is 4. The summed E-state index contributed by atoms with van der Waals surface area (Å²) >= 11 is 0. The first-order chi connectivity index (χ1) is 23.3. The highest BCUT2D eigenvalue weighted by Gasteiger charge is 2.85. The minimum absolute atomic E-state index is 0.0165. The van der Waals surface area contributed by atoms with Gasteiger partial charge in [-0.05, 0) is 81.3 Å². The third kappa shape index (κ3) is 6.22. The minimum Gasteiger partial charge on any atom is -0.463 e. The molecule has 0 spiro atoms. The Morgan fingerprint density at radius 1 is 1.19 bits per heavy atom. The van der Waals surface area contributed by atoms with Crippen LogP contribution in [0.25, 0.3) is 0 Å². The van der Waals surface area contributed by atoms with Gasteiger partial charge >= 0.3 is 5.97 Å². The van der Waals surface area contributed by atoms with Crippen molar-refractivity contribution in [1.29, 1.82) is 0 Å². The molecule has 256 valence electrons. The Kier molecular flexibility index (Phi) is 10.2. The molecule has 5 aliphatic rings. The van der Waals surface area contributed by atoms with Crippen LogP contribution in [0.1, 0.15) is 73.1 Å². The molecular weight excluding hydrogens is 608 g/mol.